The van der Waals surface area contributed by atoms with Gasteiger partial charge in [-0.3, -0.25) is 9.10 Å². The highest BCUT2D eigenvalue weighted by Crippen LogP contribution is 2.36. The van der Waals surface area contributed by atoms with Crippen LogP contribution in [0.2, 0.25) is 0 Å². The number of benzene rings is 3. The number of nitrogens with zero attached hydrogens (tertiary/aromatic N) is 3. The first kappa shape index (κ1) is 25.9. The fraction of sp³-hybridized carbons (Fsp3) is 0.296. The van der Waals surface area contributed by atoms with Crippen LogP contribution < -0.4 is 13.9 Å². The van der Waals surface area contributed by atoms with Gasteiger partial charge >= 0.3 is 0 Å². The first-order valence-electron chi connectivity index (χ1n) is 11.8. The average molecular weight is 528 g/mol. The normalized spacial score (nSPS) is 17.4. The van der Waals surface area contributed by atoms with E-state index >= 15 is 0 Å². The van der Waals surface area contributed by atoms with Crippen LogP contribution in [-0.2, 0) is 16.4 Å². The minimum atomic E-state index is -3.80. The van der Waals surface area contributed by atoms with E-state index in [-0.39, 0.29) is 29.3 Å². The van der Waals surface area contributed by atoms with Crippen molar-refractivity contribution in [2.24, 2.45) is 0 Å². The summed E-state index contributed by atoms with van der Waals surface area (Å²) in [6.07, 6.45) is 0.671. The molecule has 0 bridgehead atoms. The molecule has 0 aromatic heterocycles. The van der Waals surface area contributed by atoms with E-state index in [2.05, 4.69) is 4.90 Å². The van der Waals surface area contributed by atoms with Crippen molar-refractivity contribution in [2.75, 3.05) is 42.5 Å². The highest BCUT2D eigenvalue weighted by Gasteiger charge is 2.36. The molecular formula is C27H30ClN3O4S. The quantitative estimate of drug-likeness (QED) is 0.497. The standard InChI is InChI=1S/C27H29N3O4S.ClH/c1-20-18-21-8-3-4-11-24(21)30(20)35(32,33)23-10-7-9-22(19-23)27(31)29-16-14-28(15-17-29)25-12-5-6-13-26(25)34-2;/h3-13,19-20H,14-18H2,1-2H3;1H. The Kier molecular flexibility index (Phi) is 7.47. The van der Waals surface area contributed by atoms with E-state index in [9.17, 15) is 13.2 Å². The number of ether oxygens (including phenoxy) is 1. The number of para-hydroxylation sites is 3. The van der Waals surface area contributed by atoms with Crippen molar-refractivity contribution in [3.63, 3.8) is 0 Å². The van der Waals surface area contributed by atoms with Gasteiger partial charge in [0.15, 0.2) is 0 Å². The Balaban J connectivity index is 0.00000304. The van der Waals surface area contributed by atoms with Crippen LogP contribution in [0, 0.1) is 0 Å². The molecule has 1 amide bonds. The van der Waals surface area contributed by atoms with Crippen molar-refractivity contribution in [3.05, 3.63) is 83.9 Å². The van der Waals surface area contributed by atoms with Gasteiger partial charge in [-0.2, -0.15) is 0 Å². The Hall–Kier alpha value is -3.23. The summed E-state index contributed by atoms with van der Waals surface area (Å²) >= 11 is 0. The van der Waals surface area contributed by atoms with E-state index < -0.39 is 10.0 Å². The van der Waals surface area contributed by atoms with Crippen molar-refractivity contribution >= 4 is 39.7 Å². The Labute approximate surface area is 218 Å². The molecule has 2 aliphatic rings. The van der Waals surface area contributed by atoms with Crippen molar-refractivity contribution in [1.82, 2.24) is 4.90 Å². The summed E-state index contributed by atoms with van der Waals surface area (Å²) in [5, 5.41) is 0. The summed E-state index contributed by atoms with van der Waals surface area (Å²) in [5.41, 5.74) is 3.13. The van der Waals surface area contributed by atoms with E-state index in [1.165, 1.54) is 10.4 Å². The molecule has 1 fully saturated rings. The van der Waals surface area contributed by atoms with Crippen LogP contribution in [0.15, 0.2) is 77.7 Å². The highest BCUT2D eigenvalue weighted by atomic mass is 35.5. The molecule has 0 radical (unpaired) electrons. The number of carbonyl (C=O) groups is 1. The molecule has 2 aliphatic heterocycles. The lowest BCUT2D eigenvalue weighted by atomic mass is 10.1. The Morgan fingerprint density at radius 2 is 1.56 bits per heavy atom. The maximum absolute atomic E-state index is 13.6. The van der Waals surface area contributed by atoms with E-state index in [1.54, 1.807) is 30.2 Å². The molecule has 3 aromatic rings. The summed E-state index contributed by atoms with van der Waals surface area (Å²) in [7, 11) is -2.15. The lowest BCUT2D eigenvalue weighted by Gasteiger charge is -2.36. The van der Waals surface area contributed by atoms with Gasteiger partial charge in [0, 0.05) is 37.8 Å². The second-order valence-corrected chi connectivity index (χ2v) is 10.8. The summed E-state index contributed by atoms with van der Waals surface area (Å²) in [6.45, 7) is 4.35. The largest absolute Gasteiger partial charge is 0.495 e. The summed E-state index contributed by atoms with van der Waals surface area (Å²) in [6, 6.07) is 21.7. The highest BCUT2D eigenvalue weighted by molar-refractivity contribution is 7.92. The number of hydrogen-bond donors (Lipinski definition) is 0. The van der Waals surface area contributed by atoms with Crippen molar-refractivity contribution in [2.45, 2.75) is 24.3 Å². The second-order valence-electron chi connectivity index (χ2n) is 8.96. The van der Waals surface area contributed by atoms with Gasteiger partial charge in [-0.1, -0.05) is 36.4 Å². The number of amides is 1. The molecule has 1 saturated heterocycles. The molecule has 190 valence electrons. The molecule has 0 saturated carbocycles. The average Bonchev–Trinajstić information content (AvgIpc) is 3.24. The van der Waals surface area contributed by atoms with Crippen LogP contribution in [0.5, 0.6) is 5.75 Å². The number of fused-ring (bicyclic) bond motifs is 1. The second kappa shape index (κ2) is 10.4. The number of hydrogen-bond acceptors (Lipinski definition) is 5. The first-order valence-corrected chi connectivity index (χ1v) is 13.2. The Bertz CT molecular complexity index is 1360. The number of sulfonamides is 1. The van der Waals surface area contributed by atoms with Gasteiger partial charge in [-0.25, -0.2) is 8.42 Å². The number of methoxy groups -OCH3 is 1. The topological polar surface area (TPSA) is 70.2 Å². The fourth-order valence-corrected chi connectivity index (χ4v) is 6.77. The van der Waals surface area contributed by atoms with Crippen LogP contribution >= 0.6 is 12.4 Å². The Morgan fingerprint density at radius 1 is 0.889 bits per heavy atom. The van der Waals surface area contributed by atoms with Crippen LogP contribution in [0.4, 0.5) is 11.4 Å². The third-order valence-corrected chi connectivity index (χ3v) is 8.70. The minimum absolute atomic E-state index is 0. The molecule has 3 aromatic carbocycles. The van der Waals surface area contributed by atoms with Crippen LogP contribution in [0.25, 0.3) is 0 Å². The van der Waals surface area contributed by atoms with Crippen molar-refractivity contribution in [1.29, 1.82) is 0 Å². The van der Waals surface area contributed by atoms with Crippen molar-refractivity contribution in [3.8, 4) is 5.75 Å². The lowest BCUT2D eigenvalue weighted by Crippen LogP contribution is -2.48. The van der Waals surface area contributed by atoms with E-state index in [4.69, 9.17) is 4.74 Å². The zero-order chi connectivity index (χ0) is 24.6. The molecule has 0 aliphatic carbocycles. The number of carbonyl (C=O) groups excluding carboxylic acids is 1. The van der Waals surface area contributed by atoms with Crippen LogP contribution in [0.3, 0.4) is 0 Å². The SMILES string of the molecule is COc1ccccc1N1CCN(C(=O)c2cccc(S(=O)(=O)N3c4ccccc4CC3C)c2)CC1.Cl. The molecule has 1 atom stereocenters. The maximum Gasteiger partial charge on any atom is 0.264 e. The lowest BCUT2D eigenvalue weighted by molar-refractivity contribution is 0.0746. The van der Waals surface area contributed by atoms with Gasteiger partial charge in [0.2, 0.25) is 0 Å². The first-order chi connectivity index (χ1) is 16.9. The molecule has 36 heavy (non-hydrogen) atoms. The van der Waals surface area contributed by atoms with Crippen LogP contribution in [0.1, 0.15) is 22.8 Å². The van der Waals surface area contributed by atoms with Gasteiger partial charge < -0.3 is 14.5 Å². The van der Waals surface area contributed by atoms with Gasteiger partial charge in [-0.05, 0) is 55.3 Å². The number of halogens is 1. The number of anilines is 2. The summed E-state index contributed by atoms with van der Waals surface area (Å²) < 4.78 is 34.2. The molecule has 0 spiro atoms. The molecule has 0 N–H and O–H groups in total. The van der Waals surface area contributed by atoms with Gasteiger partial charge in [0.25, 0.3) is 15.9 Å². The van der Waals surface area contributed by atoms with E-state index in [1.807, 2.05) is 55.5 Å². The Morgan fingerprint density at radius 3 is 2.28 bits per heavy atom. The minimum Gasteiger partial charge on any atom is -0.495 e. The van der Waals surface area contributed by atoms with E-state index in [0.717, 1.165) is 17.0 Å². The van der Waals surface area contributed by atoms with E-state index in [0.29, 0.717) is 43.9 Å². The predicted octanol–water partition coefficient (Wildman–Crippen LogP) is 4.22. The third kappa shape index (κ3) is 4.63. The molecular weight excluding hydrogens is 498 g/mol. The third-order valence-electron chi connectivity index (χ3n) is 6.78. The molecule has 1 unspecified atom stereocenters. The molecule has 7 nitrogen and oxygen atoms in total. The maximum atomic E-state index is 13.6. The summed E-state index contributed by atoms with van der Waals surface area (Å²) in [5.74, 6) is 0.652. The number of piperazine rings is 1. The molecule has 5 rings (SSSR count). The fourth-order valence-electron chi connectivity index (χ4n) is 5.03. The molecule has 9 heteroatoms. The van der Waals surface area contributed by atoms with Crippen molar-refractivity contribution < 1.29 is 17.9 Å². The zero-order valence-corrected chi connectivity index (χ0v) is 22.0. The van der Waals surface area contributed by atoms with Gasteiger partial charge in [0.05, 0.1) is 23.4 Å². The molecule has 2 heterocycles. The monoisotopic (exact) mass is 527 g/mol. The zero-order valence-electron chi connectivity index (χ0n) is 20.3. The predicted molar refractivity (Wildman–Crippen MR) is 144 cm³/mol. The van der Waals surface area contributed by atoms with Gasteiger partial charge in [-0.15, -0.1) is 12.4 Å². The van der Waals surface area contributed by atoms with Crippen LogP contribution in [-0.4, -0.2) is 58.6 Å². The smallest absolute Gasteiger partial charge is 0.264 e. The summed E-state index contributed by atoms with van der Waals surface area (Å²) in [4.78, 5) is 17.4. The number of rotatable bonds is 5. The van der Waals surface area contributed by atoms with Gasteiger partial charge in [0.1, 0.15) is 5.75 Å².